The highest BCUT2D eigenvalue weighted by Crippen LogP contribution is 2.12. The zero-order chi connectivity index (χ0) is 22.5. The Morgan fingerprint density at radius 1 is 1.26 bits per heavy atom. The van der Waals surface area contributed by atoms with Crippen LogP contribution < -0.4 is 15.4 Å². The van der Waals surface area contributed by atoms with E-state index in [-0.39, 0.29) is 30.4 Å². The van der Waals surface area contributed by atoms with Gasteiger partial charge >= 0.3 is 0 Å². The fourth-order valence-corrected chi connectivity index (χ4v) is 4.22. The van der Waals surface area contributed by atoms with Gasteiger partial charge in [-0.05, 0) is 19.1 Å². The summed E-state index contributed by atoms with van der Waals surface area (Å²) in [5, 5.41) is 14.0. The van der Waals surface area contributed by atoms with Crippen LogP contribution >= 0.6 is 11.8 Å². The number of aromatic amines is 1. The fourth-order valence-electron chi connectivity index (χ4n) is 2.35. The van der Waals surface area contributed by atoms with Crippen LogP contribution in [0.1, 0.15) is 17.8 Å². The van der Waals surface area contributed by atoms with E-state index in [4.69, 9.17) is 5.26 Å². The molecule has 10 nitrogen and oxygen atoms in total. The molecule has 0 aliphatic carbocycles. The van der Waals surface area contributed by atoms with Crippen molar-refractivity contribution in [1.29, 1.82) is 5.26 Å². The molecule has 0 radical (unpaired) electrons. The number of amides is 1. The number of rotatable bonds is 11. The first kappa shape index (κ1) is 24.2. The van der Waals surface area contributed by atoms with Crippen LogP contribution in [0.4, 0.5) is 0 Å². The molecule has 12 heteroatoms. The van der Waals surface area contributed by atoms with E-state index in [1.807, 2.05) is 6.92 Å². The van der Waals surface area contributed by atoms with Crippen LogP contribution in [-0.2, 0) is 20.6 Å². The molecule has 31 heavy (non-hydrogen) atoms. The summed E-state index contributed by atoms with van der Waals surface area (Å²) in [5.41, 5.74) is 2.00. The monoisotopic (exact) mass is 463 g/mol. The van der Waals surface area contributed by atoms with Gasteiger partial charge in [-0.15, -0.1) is 0 Å². The third-order valence-corrected chi connectivity index (χ3v) is 6.25. The number of carbonyl (C=O) groups is 1. The number of hydrogen-bond acceptors (Lipinski definition) is 7. The van der Waals surface area contributed by atoms with E-state index in [9.17, 15) is 13.2 Å². The number of sulfonamides is 1. The molecule has 1 aromatic heterocycles. The largest absolute Gasteiger partial charge is 0.354 e. The molecule has 2 aromatic rings. The minimum Gasteiger partial charge on any atom is -0.354 e. The van der Waals surface area contributed by atoms with E-state index < -0.39 is 15.9 Å². The van der Waals surface area contributed by atoms with Crippen LogP contribution in [0.25, 0.3) is 0 Å². The lowest BCUT2D eigenvalue weighted by molar-refractivity contribution is -0.120. The van der Waals surface area contributed by atoms with Gasteiger partial charge < -0.3 is 15.6 Å². The van der Waals surface area contributed by atoms with Gasteiger partial charge in [0, 0.05) is 30.3 Å². The summed E-state index contributed by atoms with van der Waals surface area (Å²) < 4.78 is 27.6. The zero-order valence-corrected chi connectivity index (χ0v) is 18.7. The molecular formula is C19H25N7O3S2. The number of carbonyl (C=O) groups excluding carboxylic acids is 1. The van der Waals surface area contributed by atoms with Gasteiger partial charge in [0.25, 0.3) is 10.0 Å². The average Bonchev–Trinajstić information content (AvgIpc) is 3.16. The van der Waals surface area contributed by atoms with Crippen LogP contribution in [0.3, 0.4) is 0 Å². The summed E-state index contributed by atoms with van der Waals surface area (Å²) in [6.07, 6.45) is 1.42. The van der Waals surface area contributed by atoms with Crippen LogP contribution in [0, 0.1) is 18.3 Å². The number of H-pyrrole nitrogens is 1. The molecule has 166 valence electrons. The molecule has 1 heterocycles. The Labute approximate surface area is 186 Å². The summed E-state index contributed by atoms with van der Waals surface area (Å²) in [5.74, 6) is 1.10. The lowest BCUT2D eigenvalue weighted by Gasteiger charge is -2.13. The highest BCUT2D eigenvalue weighted by molar-refractivity contribution is 7.98. The molecule has 0 aliphatic rings. The SMILES string of the molecule is Cc1[nH]cnc1CSCCN=C(NCCNC(=O)CC#N)NS(=O)(=O)c1ccccc1. The van der Waals surface area contributed by atoms with Gasteiger partial charge in [-0.2, -0.15) is 17.0 Å². The molecule has 0 unspecified atom stereocenters. The van der Waals surface area contributed by atoms with Gasteiger partial charge in [0.15, 0.2) is 0 Å². The number of benzene rings is 1. The third-order valence-electron chi connectivity index (χ3n) is 3.94. The number of imidazole rings is 1. The molecule has 2 rings (SSSR count). The van der Waals surface area contributed by atoms with Crippen molar-refractivity contribution < 1.29 is 13.2 Å². The Kier molecular flexibility index (Phi) is 9.86. The van der Waals surface area contributed by atoms with E-state index >= 15 is 0 Å². The minimum atomic E-state index is -3.80. The molecule has 0 atom stereocenters. The van der Waals surface area contributed by atoms with E-state index in [0.29, 0.717) is 12.3 Å². The smallest absolute Gasteiger partial charge is 0.264 e. The summed E-state index contributed by atoms with van der Waals surface area (Å²) in [6, 6.07) is 9.75. The predicted molar refractivity (Wildman–Crippen MR) is 120 cm³/mol. The lowest BCUT2D eigenvalue weighted by Crippen LogP contribution is -2.44. The van der Waals surface area contributed by atoms with Gasteiger partial charge in [-0.25, -0.2) is 18.1 Å². The van der Waals surface area contributed by atoms with Crippen molar-refractivity contribution in [3.8, 4) is 6.07 Å². The Morgan fingerprint density at radius 3 is 2.68 bits per heavy atom. The number of aryl methyl sites for hydroxylation is 1. The molecule has 0 bridgehead atoms. The van der Waals surface area contributed by atoms with Crippen molar-refractivity contribution in [2.45, 2.75) is 24.0 Å². The zero-order valence-electron chi connectivity index (χ0n) is 17.1. The maximum atomic E-state index is 12.6. The molecular weight excluding hydrogens is 438 g/mol. The van der Waals surface area contributed by atoms with Gasteiger partial charge in [-0.1, -0.05) is 18.2 Å². The molecule has 0 saturated heterocycles. The van der Waals surface area contributed by atoms with E-state index in [2.05, 4.69) is 30.3 Å². The van der Waals surface area contributed by atoms with Crippen molar-refractivity contribution >= 4 is 33.7 Å². The molecule has 1 aromatic carbocycles. The summed E-state index contributed by atoms with van der Waals surface area (Å²) in [4.78, 5) is 23.1. The van der Waals surface area contributed by atoms with Crippen LogP contribution in [-0.4, -0.2) is 55.6 Å². The maximum Gasteiger partial charge on any atom is 0.264 e. The number of aromatic nitrogens is 2. The number of nitrogens with one attached hydrogen (secondary N) is 4. The number of aliphatic imine (C=N–C) groups is 1. The van der Waals surface area contributed by atoms with Gasteiger partial charge in [0.05, 0.1) is 29.5 Å². The molecule has 0 spiro atoms. The van der Waals surface area contributed by atoms with Crippen molar-refractivity contribution in [2.24, 2.45) is 4.99 Å². The molecule has 0 fully saturated rings. The summed E-state index contributed by atoms with van der Waals surface area (Å²) in [6.45, 7) is 2.80. The average molecular weight is 464 g/mol. The highest BCUT2D eigenvalue weighted by atomic mass is 32.2. The van der Waals surface area contributed by atoms with Gasteiger partial charge in [-0.3, -0.25) is 9.79 Å². The Hall–Kier alpha value is -3.04. The molecule has 4 N–H and O–H groups in total. The number of hydrogen-bond donors (Lipinski definition) is 4. The van der Waals surface area contributed by atoms with Crippen molar-refractivity contribution in [3.63, 3.8) is 0 Å². The number of nitriles is 1. The lowest BCUT2D eigenvalue weighted by atomic mass is 10.4. The van der Waals surface area contributed by atoms with Crippen LogP contribution in [0.15, 0.2) is 46.5 Å². The van der Waals surface area contributed by atoms with Crippen LogP contribution in [0.5, 0.6) is 0 Å². The van der Waals surface area contributed by atoms with Crippen molar-refractivity contribution in [1.82, 2.24) is 25.3 Å². The normalized spacial score (nSPS) is 11.5. The number of nitrogens with zero attached hydrogens (tertiary/aromatic N) is 3. The second kappa shape index (κ2) is 12.6. The van der Waals surface area contributed by atoms with Crippen molar-refractivity contribution in [3.05, 3.63) is 48.0 Å². The first-order chi connectivity index (χ1) is 14.9. The van der Waals surface area contributed by atoms with Gasteiger partial charge in [0.2, 0.25) is 11.9 Å². The fraction of sp³-hybridized carbons (Fsp3) is 0.368. The van der Waals surface area contributed by atoms with E-state index in [1.165, 1.54) is 12.1 Å². The Balaban J connectivity index is 1.92. The summed E-state index contributed by atoms with van der Waals surface area (Å²) >= 11 is 1.64. The van der Waals surface area contributed by atoms with Crippen molar-refractivity contribution in [2.75, 3.05) is 25.4 Å². The molecule has 1 amide bonds. The maximum absolute atomic E-state index is 12.6. The van der Waals surface area contributed by atoms with Crippen LogP contribution in [0.2, 0.25) is 0 Å². The first-order valence-electron chi connectivity index (χ1n) is 9.49. The number of guanidine groups is 1. The second-order valence-electron chi connectivity index (χ2n) is 6.29. The van der Waals surface area contributed by atoms with Gasteiger partial charge in [0.1, 0.15) is 6.42 Å². The second-order valence-corrected chi connectivity index (χ2v) is 9.07. The third kappa shape index (κ3) is 8.69. The quantitative estimate of drug-likeness (QED) is 0.219. The topological polar surface area (TPSA) is 152 Å². The minimum absolute atomic E-state index is 0.0925. The first-order valence-corrected chi connectivity index (χ1v) is 12.1. The standard InChI is InChI=1S/C19H25N7O3S2/c1-15-17(25-14-24-15)13-30-12-11-23-19(22-10-9-21-18(27)7-8-20)26-31(28,29)16-5-3-2-4-6-16/h2-6,14H,7,9-13H2,1H3,(H,21,27)(H,24,25)(H2,22,23,26). The Morgan fingerprint density at radius 2 is 2.00 bits per heavy atom. The number of thioether (sulfide) groups is 1. The molecule has 0 aliphatic heterocycles. The highest BCUT2D eigenvalue weighted by Gasteiger charge is 2.15. The Bertz CT molecular complexity index is 1010. The molecule has 0 saturated carbocycles. The summed E-state index contributed by atoms with van der Waals surface area (Å²) in [7, 11) is -3.80. The van der Waals surface area contributed by atoms with E-state index in [1.54, 1.807) is 42.4 Å². The predicted octanol–water partition coefficient (Wildman–Crippen LogP) is 0.905. The van der Waals surface area contributed by atoms with E-state index in [0.717, 1.165) is 17.1 Å².